The average Bonchev–Trinajstić information content (AvgIpc) is 3.04. The number of hydrogen-bond donors (Lipinski definition) is 3. The van der Waals surface area contributed by atoms with Crippen molar-refractivity contribution in [1.82, 2.24) is 10.4 Å². The number of nitrogens with two attached hydrogens (primary N) is 2. The number of urea groups is 1. The van der Waals surface area contributed by atoms with Crippen LogP contribution in [0.25, 0.3) is 12.2 Å². The number of carbonyl (C=O) groups excluding carboxylic acids is 1. The smallest absolute Gasteiger partial charge is 0.274 e. The molecule has 0 bridgehead atoms. The molecule has 0 aliphatic carbocycles. The second kappa shape index (κ2) is 8.02. The zero-order chi connectivity index (χ0) is 16.8. The van der Waals surface area contributed by atoms with Crippen LogP contribution in [-0.2, 0) is 0 Å². The fraction of sp³-hybridized carbons (Fsp3) is 0.0769. The number of thiazole rings is 1. The van der Waals surface area contributed by atoms with Gasteiger partial charge in [-0.05, 0) is 24.3 Å². The van der Waals surface area contributed by atoms with E-state index < -0.39 is 11.8 Å². The van der Waals surface area contributed by atoms with E-state index in [4.69, 9.17) is 11.7 Å². The van der Waals surface area contributed by atoms with Crippen molar-refractivity contribution < 1.29 is 13.6 Å². The van der Waals surface area contributed by atoms with Crippen LogP contribution in [0.3, 0.4) is 0 Å². The quantitative estimate of drug-likeness (QED) is 0.331. The summed E-state index contributed by atoms with van der Waals surface area (Å²) in [6.07, 6.45) is 4.87. The first-order chi connectivity index (χ1) is 11.0. The summed E-state index contributed by atoms with van der Waals surface area (Å²) in [6.45, 7) is 0. The first-order valence-corrected chi connectivity index (χ1v) is 7.99. The number of nitrogens with zero attached hydrogens (tertiary/aromatic N) is 2. The van der Waals surface area contributed by atoms with Crippen molar-refractivity contribution in [2.24, 2.45) is 11.7 Å². The van der Waals surface area contributed by atoms with Crippen LogP contribution in [0.4, 0.5) is 19.3 Å². The minimum atomic E-state index is -2.60. The lowest BCUT2D eigenvalue weighted by atomic mass is 10.1. The highest BCUT2D eigenvalue weighted by atomic mass is 32.2. The van der Waals surface area contributed by atoms with E-state index in [-0.39, 0.29) is 10.6 Å². The van der Waals surface area contributed by atoms with Crippen molar-refractivity contribution in [3.05, 3.63) is 40.3 Å². The van der Waals surface area contributed by atoms with Crippen LogP contribution in [0.5, 0.6) is 0 Å². The molecule has 0 fully saturated rings. The predicted molar refractivity (Wildman–Crippen MR) is 88.7 cm³/mol. The summed E-state index contributed by atoms with van der Waals surface area (Å²) >= 11 is 1.76. The third-order valence-corrected chi connectivity index (χ3v) is 4.23. The molecule has 2 aromatic rings. The van der Waals surface area contributed by atoms with Crippen molar-refractivity contribution in [2.45, 2.75) is 10.7 Å². The third kappa shape index (κ3) is 4.48. The van der Waals surface area contributed by atoms with Crippen molar-refractivity contribution in [1.29, 1.82) is 0 Å². The van der Waals surface area contributed by atoms with E-state index in [1.165, 1.54) is 29.5 Å². The fourth-order valence-corrected chi connectivity index (χ4v) is 2.94. The van der Waals surface area contributed by atoms with Crippen LogP contribution in [0.2, 0.25) is 0 Å². The highest BCUT2D eigenvalue weighted by molar-refractivity contribution is 7.99. The van der Waals surface area contributed by atoms with Crippen LogP contribution in [0.1, 0.15) is 10.6 Å². The lowest BCUT2D eigenvalue weighted by molar-refractivity contribution is 0.246. The van der Waals surface area contributed by atoms with Gasteiger partial charge in [0.15, 0.2) is 0 Å². The lowest BCUT2D eigenvalue weighted by Gasteiger charge is -2.20. The highest BCUT2D eigenvalue weighted by Gasteiger charge is 2.18. The molecule has 122 valence electrons. The van der Waals surface area contributed by atoms with Crippen molar-refractivity contribution in [2.75, 3.05) is 5.01 Å². The van der Waals surface area contributed by atoms with Gasteiger partial charge in [0, 0.05) is 22.0 Å². The highest BCUT2D eigenvalue weighted by Crippen LogP contribution is 2.35. The van der Waals surface area contributed by atoms with Crippen molar-refractivity contribution >= 4 is 47.0 Å². The number of anilines is 1. The molecule has 0 radical (unpaired) electrons. The van der Waals surface area contributed by atoms with Gasteiger partial charge < -0.3 is 0 Å². The topological polar surface area (TPSA) is 97.3 Å². The van der Waals surface area contributed by atoms with Gasteiger partial charge in [-0.1, -0.05) is 17.8 Å². The predicted octanol–water partition coefficient (Wildman–Crippen LogP) is 2.89. The third-order valence-electron chi connectivity index (χ3n) is 2.70. The largest absolute Gasteiger partial charge is 0.350 e. The number of hydrogen-bond acceptors (Lipinski definition) is 6. The van der Waals surface area contributed by atoms with Crippen molar-refractivity contribution in [3.63, 3.8) is 0 Å². The maximum atomic E-state index is 12.8. The zero-order valence-corrected chi connectivity index (χ0v) is 13.3. The molecule has 2 rings (SSSR count). The van der Waals surface area contributed by atoms with Crippen LogP contribution in [0, 0.1) is 0 Å². The maximum Gasteiger partial charge on any atom is 0.350 e. The molecule has 6 nitrogen and oxygen atoms in total. The van der Waals surface area contributed by atoms with Crippen LogP contribution < -0.4 is 22.1 Å². The minimum Gasteiger partial charge on any atom is -0.274 e. The summed E-state index contributed by atoms with van der Waals surface area (Å²) in [6, 6.07) is 3.82. The second-order valence-corrected chi connectivity index (χ2v) is 6.05. The summed E-state index contributed by atoms with van der Waals surface area (Å²) in [5, 5.41) is 3.24. The Hall–Kier alpha value is -2.01. The summed E-state index contributed by atoms with van der Waals surface area (Å²) < 4.78 is 25.5. The van der Waals surface area contributed by atoms with Gasteiger partial charge in [-0.3, -0.25) is 5.43 Å². The van der Waals surface area contributed by atoms with E-state index in [0.717, 1.165) is 5.01 Å². The molecule has 0 spiro atoms. The fourth-order valence-electron chi connectivity index (χ4n) is 1.76. The van der Waals surface area contributed by atoms with Gasteiger partial charge in [0.25, 0.3) is 5.76 Å². The van der Waals surface area contributed by atoms with Gasteiger partial charge in [0.2, 0.25) is 0 Å². The number of benzene rings is 1. The molecule has 0 aliphatic rings. The summed E-state index contributed by atoms with van der Waals surface area (Å²) in [5.74, 6) is 8.15. The number of amides is 2. The Balaban J connectivity index is 2.46. The molecule has 0 aliphatic heterocycles. The number of carbonyl (C=O) groups is 1. The number of nitrogens with one attached hydrogen (secondary N) is 1. The van der Waals surface area contributed by atoms with Gasteiger partial charge in [-0.25, -0.2) is 26.5 Å². The van der Waals surface area contributed by atoms with E-state index in [1.54, 1.807) is 23.7 Å². The van der Waals surface area contributed by atoms with Crippen LogP contribution >= 0.6 is 23.1 Å². The molecule has 5 N–H and O–H groups in total. The molecule has 0 saturated heterocycles. The van der Waals surface area contributed by atoms with Gasteiger partial charge in [-0.2, -0.15) is 8.78 Å². The van der Waals surface area contributed by atoms with Gasteiger partial charge in [0.05, 0.1) is 5.69 Å². The Morgan fingerprint density at radius 2 is 2.22 bits per heavy atom. The Bertz CT molecular complexity index is 694. The Kier molecular flexibility index (Phi) is 6.04. The Morgan fingerprint density at radius 1 is 1.43 bits per heavy atom. The van der Waals surface area contributed by atoms with E-state index in [9.17, 15) is 13.6 Å². The Morgan fingerprint density at radius 3 is 2.83 bits per heavy atom. The summed E-state index contributed by atoms with van der Waals surface area (Å²) in [7, 11) is 0. The number of halogens is 2. The second-order valence-electron chi connectivity index (χ2n) is 4.09. The maximum absolute atomic E-state index is 12.8. The molecule has 0 atom stereocenters. The molecule has 0 saturated carbocycles. The number of alkyl halides is 2. The first-order valence-electron chi connectivity index (χ1n) is 6.23. The molecule has 1 heterocycles. The molecular formula is C13H13F2N5OS2. The lowest BCUT2D eigenvalue weighted by Crippen LogP contribution is -2.47. The summed E-state index contributed by atoms with van der Waals surface area (Å²) in [4.78, 5) is 16.0. The SMILES string of the molecule is NNC(=O)N(N)c1cccc(SC(F)F)c1/C=C/c1nccs1. The molecule has 0 unspecified atom stereocenters. The van der Waals surface area contributed by atoms with Crippen LogP contribution in [0.15, 0.2) is 34.7 Å². The molecule has 23 heavy (non-hydrogen) atoms. The molecule has 1 aromatic carbocycles. The average molecular weight is 357 g/mol. The van der Waals surface area contributed by atoms with E-state index >= 15 is 0 Å². The molecular weight excluding hydrogens is 344 g/mol. The molecule has 1 aromatic heterocycles. The number of thioether (sulfide) groups is 1. The molecule has 2 amide bonds. The standard InChI is InChI=1S/C13H13F2N5OS2/c14-12(15)23-10-3-1-2-9(20(17)13(21)19-16)8(10)4-5-11-18-6-7-22-11/h1-7,12H,16-17H2,(H,19,21)/b5-4+. The van der Waals surface area contributed by atoms with E-state index in [2.05, 4.69) is 4.98 Å². The van der Waals surface area contributed by atoms with Gasteiger partial charge in [-0.15, -0.1) is 11.3 Å². The normalized spacial score (nSPS) is 11.2. The number of hydrazine groups is 2. The summed E-state index contributed by atoms with van der Waals surface area (Å²) in [5.41, 5.74) is 2.51. The number of rotatable bonds is 5. The van der Waals surface area contributed by atoms with Gasteiger partial charge in [0.1, 0.15) is 5.01 Å². The first kappa shape index (κ1) is 17.3. The van der Waals surface area contributed by atoms with Crippen molar-refractivity contribution in [3.8, 4) is 0 Å². The molecule has 10 heteroatoms. The number of aromatic nitrogens is 1. The Labute approximate surface area is 139 Å². The van der Waals surface area contributed by atoms with Gasteiger partial charge >= 0.3 is 6.03 Å². The van der Waals surface area contributed by atoms with E-state index in [1.807, 2.05) is 5.43 Å². The van der Waals surface area contributed by atoms with E-state index in [0.29, 0.717) is 22.3 Å². The minimum absolute atomic E-state index is 0.242. The zero-order valence-electron chi connectivity index (χ0n) is 11.6. The van der Waals surface area contributed by atoms with Crippen LogP contribution in [-0.4, -0.2) is 16.8 Å². The monoisotopic (exact) mass is 357 g/mol.